The van der Waals surface area contributed by atoms with E-state index in [-0.39, 0.29) is 17.8 Å². The van der Waals surface area contributed by atoms with E-state index in [0.717, 1.165) is 38.9 Å². The van der Waals surface area contributed by atoms with Crippen LogP contribution in [0, 0.1) is 5.82 Å². The topological polar surface area (TPSA) is 94.6 Å². The Morgan fingerprint density at radius 2 is 2.00 bits per heavy atom. The van der Waals surface area contributed by atoms with E-state index in [9.17, 15) is 14.0 Å². The van der Waals surface area contributed by atoms with Gasteiger partial charge >= 0.3 is 6.09 Å². The van der Waals surface area contributed by atoms with Gasteiger partial charge in [-0.2, -0.15) is 0 Å². The number of carboxylic acid groups (broad SMARTS) is 1. The Morgan fingerprint density at radius 3 is 2.66 bits per heavy atom. The number of hydrogen-bond donors (Lipinski definition) is 3. The Morgan fingerprint density at radius 1 is 1.21 bits per heavy atom. The molecule has 1 aromatic carbocycles. The molecule has 154 valence electrons. The minimum atomic E-state index is -0.995. The lowest BCUT2D eigenvalue weighted by Gasteiger charge is -2.32. The predicted octanol–water partition coefficient (Wildman–Crippen LogP) is 2.74. The summed E-state index contributed by atoms with van der Waals surface area (Å²) in [6.45, 7) is 3.03. The number of nitrogens with zero attached hydrogens (tertiary/aromatic N) is 2. The first kappa shape index (κ1) is 20.7. The van der Waals surface area contributed by atoms with Crippen molar-refractivity contribution < 1.29 is 19.1 Å². The molecule has 0 aliphatic carbocycles. The van der Waals surface area contributed by atoms with Gasteiger partial charge in [-0.1, -0.05) is 12.1 Å². The number of hydrogen-bond acceptors (Lipinski definition) is 4. The molecule has 8 heteroatoms. The van der Waals surface area contributed by atoms with Gasteiger partial charge in [0.15, 0.2) is 0 Å². The first-order valence-corrected chi connectivity index (χ1v) is 9.73. The van der Waals surface area contributed by atoms with Crippen LogP contribution >= 0.6 is 0 Å². The third-order valence-electron chi connectivity index (χ3n) is 5.00. The van der Waals surface area contributed by atoms with Crippen LogP contribution in [-0.4, -0.2) is 59.2 Å². The van der Waals surface area contributed by atoms with Crippen LogP contribution in [0.4, 0.5) is 9.18 Å². The lowest BCUT2D eigenvalue weighted by molar-refractivity contribution is 0.0910. The molecule has 1 fully saturated rings. The number of likely N-dealkylation sites (tertiary alicyclic amines) is 1. The molecule has 0 bridgehead atoms. The summed E-state index contributed by atoms with van der Waals surface area (Å²) in [5.74, 6) is -0.483. The van der Waals surface area contributed by atoms with E-state index < -0.39 is 6.09 Å². The quantitative estimate of drug-likeness (QED) is 0.622. The monoisotopic (exact) mass is 400 g/mol. The summed E-state index contributed by atoms with van der Waals surface area (Å²) in [6, 6.07) is 9.72. The lowest BCUT2D eigenvalue weighted by atomic mass is 10.0. The van der Waals surface area contributed by atoms with Crippen molar-refractivity contribution in [3.8, 4) is 11.3 Å². The highest BCUT2D eigenvalue weighted by molar-refractivity contribution is 5.94. The van der Waals surface area contributed by atoms with Gasteiger partial charge in [0, 0.05) is 37.4 Å². The van der Waals surface area contributed by atoms with E-state index in [1.807, 2.05) is 0 Å². The minimum Gasteiger partial charge on any atom is -0.465 e. The van der Waals surface area contributed by atoms with Crippen LogP contribution in [0.25, 0.3) is 11.3 Å². The van der Waals surface area contributed by atoms with E-state index in [4.69, 9.17) is 5.11 Å². The Hall–Kier alpha value is -3.00. The van der Waals surface area contributed by atoms with Gasteiger partial charge in [-0.05, 0) is 50.1 Å². The van der Waals surface area contributed by atoms with Crippen molar-refractivity contribution >= 4 is 12.0 Å². The molecule has 29 heavy (non-hydrogen) atoms. The van der Waals surface area contributed by atoms with Crippen molar-refractivity contribution in [1.82, 2.24) is 20.5 Å². The molecule has 0 unspecified atom stereocenters. The molecule has 7 nitrogen and oxygen atoms in total. The minimum absolute atomic E-state index is 0.110. The summed E-state index contributed by atoms with van der Waals surface area (Å²) in [5.41, 5.74) is 1.77. The number of nitrogens with one attached hydrogen (secondary N) is 2. The van der Waals surface area contributed by atoms with Gasteiger partial charge in [0.05, 0.1) is 11.3 Å². The number of piperidine rings is 1. The van der Waals surface area contributed by atoms with Crippen molar-refractivity contribution in [2.24, 2.45) is 0 Å². The van der Waals surface area contributed by atoms with Crippen LogP contribution in [0.15, 0.2) is 42.6 Å². The smallest absolute Gasteiger partial charge is 0.404 e. The van der Waals surface area contributed by atoms with Gasteiger partial charge in [0.2, 0.25) is 0 Å². The first-order chi connectivity index (χ1) is 14.0. The number of rotatable bonds is 7. The number of amides is 2. The Labute approximate surface area is 168 Å². The molecular formula is C21H25FN4O3. The summed E-state index contributed by atoms with van der Waals surface area (Å²) in [7, 11) is 0. The van der Waals surface area contributed by atoms with Crippen molar-refractivity contribution in [3.05, 3.63) is 54.0 Å². The second-order valence-corrected chi connectivity index (χ2v) is 7.12. The molecular weight excluding hydrogens is 375 g/mol. The van der Waals surface area contributed by atoms with Gasteiger partial charge in [0.25, 0.3) is 5.91 Å². The first-order valence-electron chi connectivity index (χ1n) is 9.73. The van der Waals surface area contributed by atoms with Crippen LogP contribution in [0.1, 0.15) is 29.6 Å². The third kappa shape index (κ3) is 6.25. The number of benzene rings is 1. The van der Waals surface area contributed by atoms with Crippen molar-refractivity contribution in [3.63, 3.8) is 0 Å². The molecule has 3 N–H and O–H groups in total. The molecule has 1 aliphatic rings. The van der Waals surface area contributed by atoms with Crippen LogP contribution in [0.2, 0.25) is 0 Å². The number of carbonyl (C=O) groups is 2. The Bertz CT molecular complexity index is 836. The second-order valence-electron chi connectivity index (χ2n) is 7.12. The summed E-state index contributed by atoms with van der Waals surface area (Å²) < 4.78 is 13.3. The number of carbonyl (C=O) groups excluding carboxylic acids is 1. The number of halogens is 1. The predicted molar refractivity (Wildman–Crippen MR) is 107 cm³/mol. The summed E-state index contributed by atoms with van der Waals surface area (Å²) >= 11 is 0. The molecule has 2 amide bonds. The third-order valence-corrected chi connectivity index (χ3v) is 5.00. The fourth-order valence-corrected chi connectivity index (χ4v) is 3.41. The fourth-order valence-electron chi connectivity index (χ4n) is 3.41. The molecule has 1 aliphatic heterocycles. The highest BCUT2D eigenvalue weighted by Crippen LogP contribution is 2.18. The highest BCUT2D eigenvalue weighted by Gasteiger charge is 2.21. The zero-order chi connectivity index (χ0) is 20.6. The molecule has 1 saturated heterocycles. The number of pyridine rings is 1. The second kappa shape index (κ2) is 9.97. The van der Waals surface area contributed by atoms with Crippen LogP contribution in [0.5, 0.6) is 0 Å². The van der Waals surface area contributed by atoms with E-state index in [2.05, 4.69) is 20.5 Å². The molecule has 0 atom stereocenters. The molecule has 0 radical (unpaired) electrons. The Kier molecular flexibility index (Phi) is 7.13. The maximum Gasteiger partial charge on any atom is 0.404 e. The standard InChI is InChI=1S/C21H25FN4O3/c22-17-4-1-3-15(13-17)19-6-5-16(14-24-19)20(27)25-18-7-11-26(12-8-18)10-2-9-23-21(28)29/h1,3-6,13-14,18,23H,2,7-12H2,(H,25,27)(H,28,29). The lowest BCUT2D eigenvalue weighted by Crippen LogP contribution is -2.45. The Balaban J connectivity index is 1.44. The molecule has 3 rings (SSSR count). The molecule has 1 aromatic heterocycles. The maximum atomic E-state index is 13.3. The van der Waals surface area contributed by atoms with Gasteiger partial charge in [0.1, 0.15) is 5.82 Å². The zero-order valence-electron chi connectivity index (χ0n) is 16.1. The van der Waals surface area contributed by atoms with Crippen molar-refractivity contribution in [2.45, 2.75) is 25.3 Å². The summed E-state index contributed by atoms with van der Waals surface area (Å²) in [6.07, 6.45) is 3.00. The summed E-state index contributed by atoms with van der Waals surface area (Å²) in [4.78, 5) is 29.5. The van der Waals surface area contributed by atoms with E-state index in [1.165, 1.54) is 18.3 Å². The molecule has 0 saturated carbocycles. The van der Waals surface area contributed by atoms with Gasteiger partial charge in [-0.3, -0.25) is 9.78 Å². The van der Waals surface area contributed by atoms with Crippen LogP contribution in [0.3, 0.4) is 0 Å². The average Bonchev–Trinajstić information content (AvgIpc) is 2.72. The van der Waals surface area contributed by atoms with Crippen molar-refractivity contribution in [1.29, 1.82) is 0 Å². The fraction of sp³-hybridized carbons (Fsp3) is 0.381. The van der Waals surface area contributed by atoms with E-state index in [0.29, 0.717) is 23.4 Å². The van der Waals surface area contributed by atoms with Gasteiger partial charge in [-0.25, -0.2) is 9.18 Å². The molecule has 2 heterocycles. The van der Waals surface area contributed by atoms with E-state index in [1.54, 1.807) is 24.3 Å². The molecule has 2 aromatic rings. The molecule has 0 spiro atoms. The normalized spacial score (nSPS) is 15.1. The van der Waals surface area contributed by atoms with Crippen molar-refractivity contribution in [2.75, 3.05) is 26.2 Å². The number of aromatic nitrogens is 1. The summed E-state index contributed by atoms with van der Waals surface area (Å²) in [5, 5.41) is 14.0. The zero-order valence-corrected chi connectivity index (χ0v) is 16.1. The SMILES string of the molecule is O=C(O)NCCCN1CCC(NC(=O)c2ccc(-c3cccc(F)c3)nc2)CC1. The largest absolute Gasteiger partial charge is 0.465 e. The van der Waals surface area contributed by atoms with Gasteiger partial charge in [-0.15, -0.1) is 0 Å². The average molecular weight is 400 g/mol. The maximum absolute atomic E-state index is 13.3. The van der Waals surface area contributed by atoms with Gasteiger partial charge < -0.3 is 20.6 Å². The van der Waals surface area contributed by atoms with E-state index >= 15 is 0 Å². The van der Waals surface area contributed by atoms with Crippen LogP contribution in [-0.2, 0) is 0 Å². The highest BCUT2D eigenvalue weighted by atomic mass is 19.1. The van der Waals surface area contributed by atoms with Crippen LogP contribution < -0.4 is 10.6 Å².